The van der Waals surface area contributed by atoms with E-state index < -0.39 is 5.97 Å². The molecule has 0 rings (SSSR count). The van der Waals surface area contributed by atoms with Crippen LogP contribution in [0.5, 0.6) is 0 Å². The summed E-state index contributed by atoms with van der Waals surface area (Å²) in [6.07, 6.45) is 0.486. The predicted octanol–water partition coefficient (Wildman–Crippen LogP) is 0.959. The molecule has 42 heavy (non-hydrogen) atoms. The number of carboxylic acids is 1. The highest BCUT2D eigenvalue weighted by Gasteiger charge is 2.04. The Hall–Kier alpha value is -0.730. The smallest absolute Gasteiger partial charge is 0.303 e. The van der Waals surface area contributed by atoms with Gasteiger partial charge in [0.2, 0.25) is 5.91 Å². The number of carboxylic acid groups (broad SMARTS) is 1. The first-order valence-corrected chi connectivity index (χ1v) is 16.0. The fraction of sp³-hybridized carbons (Fsp3) is 0.926. The maximum atomic E-state index is 11.3. The van der Waals surface area contributed by atoms with Crippen molar-refractivity contribution in [1.82, 2.24) is 5.32 Å². The Morgan fingerprint density at radius 1 is 0.452 bits per heavy atom. The molecule has 0 saturated heterocycles. The first kappa shape index (κ1) is 41.3. The van der Waals surface area contributed by atoms with Crippen LogP contribution in [0.4, 0.5) is 0 Å². The van der Waals surface area contributed by atoms with Crippen LogP contribution in [0.25, 0.3) is 0 Å². The van der Waals surface area contributed by atoms with Gasteiger partial charge in [-0.05, 0) is 6.42 Å². The lowest BCUT2D eigenvalue weighted by Gasteiger charge is -2.09. The number of hydrogen-bond acceptors (Lipinski definition) is 12. The molecule has 2 N–H and O–H groups in total. The number of amides is 1. The van der Waals surface area contributed by atoms with Crippen LogP contribution in [-0.2, 0) is 57.0 Å². The van der Waals surface area contributed by atoms with E-state index in [1.54, 1.807) is 0 Å². The molecule has 0 aliphatic carbocycles. The average molecular weight is 726 g/mol. The van der Waals surface area contributed by atoms with E-state index in [2.05, 4.69) is 27.9 Å². The minimum atomic E-state index is -0.981. The number of carbonyl (C=O) groups excluding carboxylic acids is 1. The van der Waals surface area contributed by atoms with E-state index in [1.165, 1.54) is 0 Å². The molecule has 0 bridgehead atoms. The topological polar surface area (TPSA) is 159 Å². The molecule has 0 atom stereocenters. The van der Waals surface area contributed by atoms with Gasteiger partial charge in [0.05, 0.1) is 132 Å². The van der Waals surface area contributed by atoms with Crippen molar-refractivity contribution in [1.29, 1.82) is 0 Å². The molecule has 0 saturated carbocycles. The Morgan fingerprint density at radius 3 is 1.02 bits per heavy atom. The van der Waals surface area contributed by atoms with Gasteiger partial charge in [0.15, 0.2) is 0 Å². The van der Waals surface area contributed by atoms with Crippen molar-refractivity contribution in [3.8, 4) is 0 Å². The molecule has 0 fully saturated rings. The average Bonchev–Trinajstić information content (AvgIpc) is 2.98. The molecule has 15 heteroatoms. The SMILES string of the molecule is O=C(O)CCC(=O)NCCCOCCOCCOCCOCCOCCOCCOCCOCCOCCOCCI. The molecule has 0 heterocycles. The third kappa shape index (κ3) is 37.3. The molecule has 0 aliphatic rings. The van der Waals surface area contributed by atoms with Crippen LogP contribution in [0.15, 0.2) is 0 Å². The molecular formula is C27H52INO13. The van der Waals surface area contributed by atoms with E-state index in [0.717, 1.165) is 11.0 Å². The van der Waals surface area contributed by atoms with Crippen LogP contribution in [0.3, 0.4) is 0 Å². The van der Waals surface area contributed by atoms with E-state index >= 15 is 0 Å². The highest BCUT2D eigenvalue weighted by atomic mass is 127. The van der Waals surface area contributed by atoms with Gasteiger partial charge in [-0.3, -0.25) is 9.59 Å². The van der Waals surface area contributed by atoms with Crippen molar-refractivity contribution in [2.24, 2.45) is 0 Å². The number of aliphatic carboxylic acids is 1. The van der Waals surface area contributed by atoms with Crippen molar-refractivity contribution >= 4 is 34.5 Å². The molecule has 0 aromatic heterocycles. The second-order valence-corrected chi connectivity index (χ2v) is 9.49. The molecule has 1 amide bonds. The Kier molecular flexibility index (Phi) is 35.8. The third-order valence-electron chi connectivity index (χ3n) is 4.92. The van der Waals surface area contributed by atoms with Crippen LogP contribution in [-0.4, -0.2) is 160 Å². The second-order valence-electron chi connectivity index (χ2n) is 8.41. The lowest BCUT2D eigenvalue weighted by molar-refractivity contribution is -0.138. The summed E-state index contributed by atoms with van der Waals surface area (Å²) in [4.78, 5) is 21.7. The zero-order chi connectivity index (χ0) is 30.6. The standard InChI is InChI=1S/C27H52INO13/c28-4-7-34-9-11-36-13-15-38-17-19-40-21-23-42-25-24-41-22-20-39-18-16-37-14-12-35-10-8-33-6-1-5-29-26(30)2-3-27(31)32/h1-25H2,(H,29,30)(H,31,32). The number of carbonyl (C=O) groups is 2. The summed E-state index contributed by atoms with van der Waals surface area (Å²) in [6, 6.07) is 0. The number of hydrogen-bond donors (Lipinski definition) is 2. The van der Waals surface area contributed by atoms with Gasteiger partial charge in [0, 0.05) is 24.0 Å². The van der Waals surface area contributed by atoms with Crippen LogP contribution in [0, 0.1) is 0 Å². The summed E-state index contributed by atoms with van der Waals surface area (Å²) in [5.41, 5.74) is 0. The number of alkyl halides is 1. The van der Waals surface area contributed by atoms with E-state index in [4.69, 9.17) is 52.5 Å². The predicted molar refractivity (Wildman–Crippen MR) is 162 cm³/mol. The Morgan fingerprint density at radius 2 is 0.738 bits per heavy atom. The van der Waals surface area contributed by atoms with Gasteiger partial charge in [-0.2, -0.15) is 0 Å². The summed E-state index contributed by atoms with van der Waals surface area (Å²) in [5, 5.41) is 11.2. The van der Waals surface area contributed by atoms with Crippen molar-refractivity contribution < 1.29 is 62.1 Å². The lowest BCUT2D eigenvalue weighted by Crippen LogP contribution is -2.25. The Balaban J connectivity index is 3.08. The molecule has 0 radical (unpaired) electrons. The van der Waals surface area contributed by atoms with Crippen molar-refractivity contribution in [2.75, 3.05) is 143 Å². The maximum absolute atomic E-state index is 11.3. The lowest BCUT2D eigenvalue weighted by atomic mass is 10.3. The number of rotatable bonds is 36. The van der Waals surface area contributed by atoms with Crippen molar-refractivity contribution in [2.45, 2.75) is 19.3 Å². The van der Waals surface area contributed by atoms with Crippen LogP contribution < -0.4 is 5.32 Å². The zero-order valence-electron chi connectivity index (χ0n) is 24.9. The van der Waals surface area contributed by atoms with Crippen molar-refractivity contribution in [3.05, 3.63) is 0 Å². The summed E-state index contributed by atoms with van der Waals surface area (Å²) in [5.74, 6) is -1.25. The van der Waals surface area contributed by atoms with Gasteiger partial charge in [-0.15, -0.1) is 0 Å². The number of ether oxygens (including phenoxy) is 10. The molecule has 0 aliphatic heterocycles. The normalized spacial score (nSPS) is 11.3. The largest absolute Gasteiger partial charge is 0.481 e. The zero-order valence-corrected chi connectivity index (χ0v) is 27.1. The fourth-order valence-corrected chi connectivity index (χ4v) is 3.16. The molecule has 0 unspecified atom stereocenters. The first-order valence-electron chi connectivity index (χ1n) is 14.5. The number of halogens is 1. The second kappa shape index (κ2) is 36.5. The van der Waals surface area contributed by atoms with Gasteiger partial charge < -0.3 is 57.8 Å². The molecule has 0 aromatic carbocycles. The van der Waals surface area contributed by atoms with Gasteiger partial charge in [0.1, 0.15) is 0 Å². The molecule has 0 aromatic rings. The fourth-order valence-electron chi connectivity index (χ4n) is 2.85. The third-order valence-corrected chi connectivity index (χ3v) is 5.36. The van der Waals surface area contributed by atoms with E-state index in [-0.39, 0.29) is 18.7 Å². The molecular weight excluding hydrogens is 673 g/mol. The van der Waals surface area contributed by atoms with Gasteiger partial charge in [-0.25, -0.2) is 0 Å². The van der Waals surface area contributed by atoms with E-state index in [9.17, 15) is 9.59 Å². The Bertz CT molecular complexity index is 578. The van der Waals surface area contributed by atoms with E-state index in [0.29, 0.717) is 138 Å². The van der Waals surface area contributed by atoms with E-state index in [1.807, 2.05) is 0 Å². The van der Waals surface area contributed by atoms with Gasteiger partial charge >= 0.3 is 5.97 Å². The maximum Gasteiger partial charge on any atom is 0.303 e. The number of nitrogens with one attached hydrogen (secondary N) is 1. The first-order chi connectivity index (χ1) is 20.7. The quantitative estimate of drug-likeness (QED) is 0.0535. The summed E-state index contributed by atoms with van der Waals surface area (Å²) in [6.45, 7) is 10.9. The Labute approximate surface area is 263 Å². The monoisotopic (exact) mass is 725 g/mol. The van der Waals surface area contributed by atoms with Crippen LogP contribution >= 0.6 is 22.6 Å². The van der Waals surface area contributed by atoms with Crippen LogP contribution in [0.2, 0.25) is 0 Å². The van der Waals surface area contributed by atoms with Crippen LogP contribution in [0.1, 0.15) is 19.3 Å². The minimum absolute atomic E-state index is 0.00756. The highest BCUT2D eigenvalue weighted by Crippen LogP contribution is 1.90. The highest BCUT2D eigenvalue weighted by molar-refractivity contribution is 14.1. The molecule has 250 valence electrons. The summed E-state index contributed by atoms with van der Waals surface area (Å²) in [7, 11) is 0. The summed E-state index contributed by atoms with van der Waals surface area (Å²) < 4.78 is 55.2. The van der Waals surface area contributed by atoms with Gasteiger partial charge in [-0.1, -0.05) is 22.6 Å². The minimum Gasteiger partial charge on any atom is -0.481 e. The van der Waals surface area contributed by atoms with Gasteiger partial charge in [0.25, 0.3) is 0 Å². The molecule has 14 nitrogen and oxygen atoms in total. The summed E-state index contributed by atoms with van der Waals surface area (Å²) >= 11 is 2.27. The van der Waals surface area contributed by atoms with Crippen molar-refractivity contribution in [3.63, 3.8) is 0 Å². The molecule has 0 spiro atoms.